The highest BCUT2D eigenvalue weighted by atomic mass is 16.6. The Bertz CT molecular complexity index is 686. The molecule has 0 aromatic heterocycles. The number of carbonyl (C=O) groups is 1. The second-order valence-electron chi connectivity index (χ2n) is 7.71. The Hall–Kier alpha value is -1.53. The van der Waals surface area contributed by atoms with Crippen molar-refractivity contribution in [1.82, 2.24) is 4.90 Å². The van der Waals surface area contributed by atoms with Crippen molar-refractivity contribution in [3.63, 3.8) is 0 Å². The maximum atomic E-state index is 12.0. The predicted molar refractivity (Wildman–Crippen MR) is 87.5 cm³/mol. The van der Waals surface area contributed by atoms with Crippen LogP contribution in [0.25, 0.3) is 0 Å². The van der Waals surface area contributed by atoms with Gasteiger partial charge in [0.15, 0.2) is 5.60 Å². The number of hydrogen-bond donors (Lipinski definition) is 0. The summed E-state index contributed by atoms with van der Waals surface area (Å²) in [5.41, 5.74) is 3.10. The lowest BCUT2D eigenvalue weighted by atomic mass is 9.67. The van der Waals surface area contributed by atoms with E-state index in [0.717, 1.165) is 43.0 Å². The van der Waals surface area contributed by atoms with Gasteiger partial charge in [-0.25, -0.2) is 4.79 Å². The standard InChI is InChI=1S/C20H23NO2/c22-19-12-16-15(9-5-8-14-6-1-2-7-14)17-13-21-11-4-3-10-18(21)20(16,17)23-19/h12,14,18H,1-4,6-8,10-11,13H2/t18?,20-/m1/s1. The monoisotopic (exact) mass is 309 g/mol. The highest BCUT2D eigenvalue weighted by Crippen LogP contribution is 2.58. The van der Waals surface area contributed by atoms with Crippen molar-refractivity contribution in [1.29, 1.82) is 0 Å². The summed E-state index contributed by atoms with van der Waals surface area (Å²) in [4.78, 5) is 14.5. The molecular formula is C20H23NO2. The van der Waals surface area contributed by atoms with Crippen LogP contribution in [0.5, 0.6) is 0 Å². The van der Waals surface area contributed by atoms with Crippen LogP contribution in [0, 0.1) is 17.8 Å². The van der Waals surface area contributed by atoms with E-state index in [4.69, 9.17) is 4.74 Å². The van der Waals surface area contributed by atoms with E-state index in [1.54, 1.807) is 6.08 Å². The van der Waals surface area contributed by atoms with Gasteiger partial charge < -0.3 is 4.74 Å². The van der Waals surface area contributed by atoms with E-state index in [1.165, 1.54) is 44.1 Å². The van der Waals surface area contributed by atoms with Gasteiger partial charge >= 0.3 is 5.97 Å². The summed E-state index contributed by atoms with van der Waals surface area (Å²) in [6, 6.07) is 0.365. The Morgan fingerprint density at radius 1 is 1.22 bits per heavy atom. The third-order valence-electron chi connectivity index (χ3n) is 6.47. The quantitative estimate of drug-likeness (QED) is 0.551. The number of ether oxygens (including phenoxy) is 1. The summed E-state index contributed by atoms with van der Waals surface area (Å²) in [6.45, 7) is 2.08. The van der Waals surface area contributed by atoms with E-state index < -0.39 is 5.60 Å². The summed E-state index contributed by atoms with van der Waals surface area (Å²) in [5, 5.41) is 0. The summed E-state index contributed by atoms with van der Waals surface area (Å²) < 4.78 is 5.85. The first-order valence-electron chi connectivity index (χ1n) is 9.21. The average molecular weight is 309 g/mol. The molecule has 3 fully saturated rings. The van der Waals surface area contributed by atoms with Crippen molar-refractivity contribution in [2.24, 2.45) is 5.92 Å². The molecule has 23 heavy (non-hydrogen) atoms. The lowest BCUT2D eigenvalue weighted by molar-refractivity contribution is -0.146. The number of fused-ring (bicyclic) bond motifs is 1. The number of carbonyl (C=O) groups excluding carboxylic acids is 1. The van der Waals surface area contributed by atoms with Crippen LogP contribution >= 0.6 is 0 Å². The molecule has 2 atom stereocenters. The molecule has 0 aromatic carbocycles. The highest BCUT2D eigenvalue weighted by molar-refractivity contribution is 5.94. The van der Waals surface area contributed by atoms with Crippen LogP contribution in [-0.2, 0) is 9.53 Å². The molecule has 3 nitrogen and oxygen atoms in total. The van der Waals surface area contributed by atoms with Gasteiger partial charge in [-0.3, -0.25) is 4.90 Å². The van der Waals surface area contributed by atoms with Crippen molar-refractivity contribution < 1.29 is 9.53 Å². The van der Waals surface area contributed by atoms with Crippen LogP contribution in [0.15, 0.2) is 22.8 Å². The lowest BCUT2D eigenvalue weighted by Gasteiger charge is -2.43. The van der Waals surface area contributed by atoms with Crippen LogP contribution in [0.3, 0.4) is 0 Å². The van der Waals surface area contributed by atoms with Crippen LogP contribution < -0.4 is 0 Å². The lowest BCUT2D eigenvalue weighted by Crippen LogP contribution is -2.52. The van der Waals surface area contributed by atoms with Crippen LogP contribution in [-0.4, -0.2) is 35.6 Å². The summed E-state index contributed by atoms with van der Waals surface area (Å²) in [7, 11) is 0. The van der Waals surface area contributed by atoms with E-state index >= 15 is 0 Å². The molecule has 0 radical (unpaired) electrons. The topological polar surface area (TPSA) is 29.5 Å². The SMILES string of the molecule is O=C1C=C2C(C#CCC3CCCC3)=C3CN4CCCCC4[C@@]23O1. The maximum Gasteiger partial charge on any atom is 0.332 e. The van der Waals surface area contributed by atoms with Crippen LogP contribution in [0.1, 0.15) is 51.4 Å². The molecule has 120 valence electrons. The molecule has 1 spiro atoms. The fourth-order valence-electron chi connectivity index (χ4n) is 5.37. The molecule has 3 heteroatoms. The normalized spacial score (nSPS) is 35.7. The molecular weight excluding hydrogens is 286 g/mol. The Kier molecular flexibility index (Phi) is 3.00. The molecule has 0 amide bonds. The number of hydrogen-bond acceptors (Lipinski definition) is 3. The van der Waals surface area contributed by atoms with E-state index in [1.807, 2.05) is 0 Å². The summed E-state index contributed by atoms with van der Waals surface area (Å²) in [5.74, 6) is 7.46. The second-order valence-corrected chi connectivity index (χ2v) is 7.71. The number of esters is 1. The van der Waals surface area contributed by atoms with Gasteiger partial charge in [0.2, 0.25) is 0 Å². The maximum absolute atomic E-state index is 12.0. The number of nitrogens with zero attached hydrogens (tertiary/aromatic N) is 1. The average Bonchev–Trinajstić information content (AvgIpc) is 3.23. The van der Waals surface area contributed by atoms with Gasteiger partial charge in [-0.2, -0.15) is 0 Å². The van der Waals surface area contributed by atoms with Gasteiger partial charge in [-0.15, -0.1) is 0 Å². The third kappa shape index (κ3) is 1.85. The van der Waals surface area contributed by atoms with Gasteiger partial charge in [0.1, 0.15) is 0 Å². The van der Waals surface area contributed by atoms with Gasteiger partial charge in [0, 0.05) is 35.8 Å². The predicted octanol–water partition coefficient (Wildman–Crippen LogP) is 2.97. The fraction of sp³-hybridized carbons (Fsp3) is 0.650. The number of rotatable bonds is 1. The Morgan fingerprint density at radius 2 is 2.04 bits per heavy atom. The molecule has 1 unspecified atom stereocenters. The Labute approximate surface area is 137 Å². The Balaban J connectivity index is 1.46. The van der Waals surface area contributed by atoms with Crippen molar-refractivity contribution in [3.8, 4) is 11.8 Å². The minimum atomic E-state index is -0.408. The van der Waals surface area contributed by atoms with Crippen LogP contribution in [0.2, 0.25) is 0 Å². The van der Waals surface area contributed by atoms with E-state index in [9.17, 15) is 4.79 Å². The fourth-order valence-corrected chi connectivity index (χ4v) is 5.37. The molecule has 2 aliphatic carbocycles. The molecule has 3 heterocycles. The van der Waals surface area contributed by atoms with E-state index in [0.29, 0.717) is 6.04 Å². The zero-order valence-corrected chi connectivity index (χ0v) is 13.6. The molecule has 0 N–H and O–H groups in total. The second kappa shape index (κ2) is 4.98. The zero-order chi connectivity index (χ0) is 15.4. The smallest absolute Gasteiger partial charge is 0.332 e. The first-order chi connectivity index (χ1) is 11.3. The van der Waals surface area contributed by atoms with Gasteiger partial charge in [-0.1, -0.05) is 31.1 Å². The highest BCUT2D eigenvalue weighted by Gasteiger charge is 2.66. The minimum Gasteiger partial charge on any atom is -0.445 e. The largest absolute Gasteiger partial charge is 0.445 e. The van der Waals surface area contributed by atoms with Crippen LogP contribution in [0.4, 0.5) is 0 Å². The molecule has 5 rings (SSSR count). The molecule has 2 saturated heterocycles. The van der Waals surface area contributed by atoms with Crippen molar-refractivity contribution >= 4 is 5.97 Å². The summed E-state index contributed by atoms with van der Waals surface area (Å²) >= 11 is 0. The van der Waals surface area contributed by atoms with Crippen molar-refractivity contribution in [3.05, 3.63) is 22.8 Å². The van der Waals surface area contributed by atoms with Crippen molar-refractivity contribution in [2.45, 2.75) is 63.0 Å². The Morgan fingerprint density at radius 3 is 2.91 bits per heavy atom. The van der Waals surface area contributed by atoms with E-state index in [2.05, 4.69) is 16.7 Å². The van der Waals surface area contributed by atoms with Gasteiger partial charge in [-0.05, 0) is 38.1 Å². The molecule has 5 aliphatic rings. The van der Waals surface area contributed by atoms with Gasteiger partial charge in [0.25, 0.3) is 0 Å². The van der Waals surface area contributed by atoms with E-state index in [-0.39, 0.29) is 5.97 Å². The number of piperidine rings is 1. The zero-order valence-electron chi connectivity index (χ0n) is 13.6. The molecule has 0 aromatic rings. The van der Waals surface area contributed by atoms with Gasteiger partial charge in [0.05, 0.1) is 6.04 Å². The van der Waals surface area contributed by atoms with Crippen molar-refractivity contribution in [2.75, 3.05) is 13.1 Å². The molecule has 1 saturated carbocycles. The summed E-state index contributed by atoms with van der Waals surface area (Å²) in [6.07, 6.45) is 11.8. The first kappa shape index (κ1) is 13.9. The first-order valence-corrected chi connectivity index (χ1v) is 9.21. The molecule has 0 bridgehead atoms. The minimum absolute atomic E-state index is 0.169. The molecule has 3 aliphatic heterocycles. The third-order valence-corrected chi connectivity index (χ3v) is 6.47.